The molecule has 6 heteroatoms. The Kier molecular flexibility index (Phi) is 3.55. The maximum absolute atomic E-state index is 13.6. The molecule has 0 spiro atoms. The van der Waals surface area contributed by atoms with Crippen molar-refractivity contribution in [3.8, 4) is 17.3 Å². The maximum Gasteiger partial charge on any atom is 0.228 e. The van der Waals surface area contributed by atoms with Crippen LogP contribution in [0.15, 0.2) is 30.6 Å². The molecule has 0 unspecified atom stereocenters. The van der Waals surface area contributed by atoms with Crippen LogP contribution in [0, 0.1) is 29.0 Å². The van der Waals surface area contributed by atoms with Crippen LogP contribution in [-0.2, 0) is 4.79 Å². The minimum atomic E-state index is -0.595. The van der Waals surface area contributed by atoms with Crippen LogP contribution in [0.2, 0.25) is 0 Å². The van der Waals surface area contributed by atoms with Crippen LogP contribution in [-0.4, -0.2) is 15.9 Å². The zero-order valence-electron chi connectivity index (χ0n) is 11.9. The molecular weight excluding hydrogens is 283 g/mol. The fourth-order valence-corrected chi connectivity index (χ4v) is 2.21. The number of halogens is 1. The number of rotatable bonds is 3. The Balaban J connectivity index is 1.75. The summed E-state index contributed by atoms with van der Waals surface area (Å²) in [4.78, 5) is 20.1. The molecule has 22 heavy (non-hydrogen) atoms. The zero-order chi connectivity index (χ0) is 15.7. The number of aromatic nitrogens is 2. The fraction of sp³-hybridized carbons (Fsp3) is 0.250. The average Bonchev–Trinajstić information content (AvgIpc) is 3.25. The number of amides is 1. The molecule has 0 radical (unpaired) electrons. The summed E-state index contributed by atoms with van der Waals surface area (Å²) in [5, 5.41) is 11.4. The minimum absolute atomic E-state index is 0.0147. The number of carbonyl (C=O) groups excluding carboxylic acids is 1. The molecule has 0 saturated heterocycles. The van der Waals surface area contributed by atoms with Crippen LogP contribution >= 0.6 is 0 Å². The van der Waals surface area contributed by atoms with Crippen molar-refractivity contribution < 1.29 is 9.18 Å². The van der Waals surface area contributed by atoms with Gasteiger partial charge in [0.15, 0.2) is 5.82 Å². The monoisotopic (exact) mass is 296 g/mol. The van der Waals surface area contributed by atoms with Crippen LogP contribution in [0.1, 0.15) is 18.9 Å². The second kappa shape index (κ2) is 5.53. The van der Waals surface area contributed by atoms with E-state index in [2.05, 4.69) is 15.3 Å². The van der Waals surface area contributed by atoms with Crippen LogP contribution < -0.4 is 5.32 Å². The lowest BCUT2D eigenvalue weighted by molar-refractivity contribution is -0.117. The normalized spacial score (nSPS) is 19.3. The predicted molar refractivity (Wildman–Crippen MR) is 78.0 cm³/mol. The van der Waals surface area contributed by atoms with Gasteiger partial charge in [0.2, 0.25) is 5.91 Å². The van der Waals surface area contributed by atoms with Crippen LogP contribution in [0.25, 0.3) is 11.3 Å². The second-order valence-electron chi connectivity index (χ2n) is 5.40. The van der Waals surface area contributed by atoms with Crippen molar-refractivity contribution in [2.45, 2.75) is 13.3 Å². The molecule has 0 bridgehead atoms. The molecule has 0 aliphatic heterocycles. The van der Waals surface area contributed by atoms with Crippen molar-refractivity contribution in [1.82, 2.24) is 9.97 Å². The molecule has 1 aromatic heterocycles. The van der Waals surface area contributed by atoms with E-state index >= 15 is 0 Å². The molecule has 1 saturated carbocycles. The fourth-order valence-electron chi connectivity index (χ4n) is 2.21. The smallest absolute Gasteiger partial charge is 0.228 e. The first-order chi connectivity index (χ1) is 10.6. The Morgan fingerprint density at radius 3 is 2.73 bits per heavy atom. The lowest BCUT2D eigenvalue weighted by Gasteiger charge is -2.05. The van der Waals surface area contributed by atoms with Crippen molar-refractivity contribution in [2.24, 2.45) is 11.8 Å². The third-order valence-electron chi connectivity index (χ3n) is 3.73. The highest BCUT2D eigenvalue weighted by Crippen LogP contribution is 2.38. The van der Waals surface area contributed by atoms with Gasteiger partial charge in [-0.15, -0.1) is 0 Å². The molecule has 5 nitrogen and oxygen atoms in total. The largest absolute Gasteiger partial charge is 0.309 e. The zero-order valence-corrected chi connectivity index (χ0v) is 11.9. The molecule has 1 fully saturated rings. The Hall–Kier alpha value is -2.81. The molecule has 1 amide bonds. The number of benzene rings is 1. The quantitative estimate of drug-likeness (QED) is 0.944. The lowest BCUT2D eigenvalue weighted by atomic mass is 10.1. The van der Waals surface area contributed by atoms with Crippen molar-refractivity contribution in [3.63, 3.8) is 0 Å². The highest BCUT2D eigenvalue weighted by molar-refractivity contribution is 5.93. The van der Waals surface area contributed by atoms with Gasteiger partial charge < -0.3 is 5.32 Å². The summed E-state index contributed by atoms with van der Waals surface area (Å²) in [6.07, 6.45) is 3.81. The van der Waals surface area contributed by atoms with Gasteiger partial charge in [-0.3, -0.25) is 9.78 Å². The molecule has 1 heterocycles. The lowest BCUT2D eigenvalue weighted by Crippen LogP contribution is -2.15. The first-order valence-electron chi connectivity index (χ1n) is 6.91. The molecule has 2 atom stereocenters. The first kappa shape index (κ1) is 14.1. The van der Waals surface area contributed by atoms with Crippen LogP contribution in [0.4, 0.5) is 10.2 Å². The highest BCUT2D eigenvalue weighted by Gasteiger charge is 2.39. The molecule has 3 rings (SSSR count). The molecule has 1 aliphatic rings. The van der Waals surface area contributed by atoms with Crippen LogP contribution in [0.5, 0.6) is 0 Å². The van der Waals surface area contributed by atoms with Gasteiger partial charge in [0.1, 0.15) is 11.9 Å². The summed E-state index contributed by atoms with van der Waals surface area (Å²) in [6, 6.07) is 6.02. The van der Waals surface area contributed by atoms with Gasteiger partial charge >= 0.3 is 0 Å². The van der Waals surface area contributed by atoms with E-state index < -0.39 is 5.82 Å². The number of anilines is 1. The second-order valence-corrected chi connectivity index (χ2v) is 5.40. The SMILES string of the molecule is C[C@H]1C[C@@H]1C(=O)Nc1cnc(-c2ccc(C#N)c(F)c2)cn1. The number of nitrogens with one attached hydrogen (secondary N) is 1. The van der Waals surface area contributed by atoms with E-state index in [0.717, 1.165) is 6.42 Å². The Morgan fingerprint density at radius 1 is 1.41 bits per heavy atom. The van der Waals surface area contributed by atoms with Crippen molar-refractivity contribution >= 4 is 11.7 Å². The van der Waals surface area contributed by atoms with E-state index in [4.69, 9.17) is 5.26 Å². The summed E-state index contributed by atoms with van der Waals surface area (Å²) in [7, 11) is 0. The number of nitriles is 1. The van der Waals surface area contributed by atoms with Gasteiger partial charge in [0, 0.05) is 11.5 Å². The van der Waals surface area contributed by atoms with E-state index in [1.165, 1.54) is 24.5 Å². The van der Waals surface area contributed by atoms with Crippen molar-refractivity contribution in [3.05, 3.63) is 42.0 Å². The Bertz CT molecular complexity index is 767. The molecule has 2 aromatic rings. The average molecular weight is 296 g/mol. The van der Waals surface area contributed by atoms with E-state index in [1.807, 2.05) is 6.92 Å². The van der Waals surface area contributed by atoms with E-state index in [-0.39, 0.29) is 17.4 Å². The van der Waals surface area contributed by atoms with Gasteiger partial charge in [0.25, 0.3) is 0 Å². The van der Waals surface area contributed by atoms with Crippen molar-refractivity contribution in [1.29, 1.82) is 5.26 Å². The molecule has 1 aromatic carbocycles. The van der Waals surface area contributed by atoms with Crippen LogP contribution in [0.3, 0.4) is 0 Å². The maximum atomic E-state index is 13.6. The number of carbonyl (C=O) groups is 1. The first-order valence-corrected chi connectivity index (χ1v) is 6.91. The Morgan fingerprint density at radius 2 is 2.18 bits per heavy atom. The summed E-state index contributed by atoms with van der Waals surface area (Å²) in [6.45, 7) is 2.03. The van der Waals surface area contributed by atoms with E-state index in [0.29, 0.717) is 23.0 Å². The molecular formula is C16H13FN4O. The highest BCUT2D eigenvalue weighted by atomic mass is 19.1. The molecule has 110 valence electrons. The Labute approximate surface area is 126 Å². The minimum Gasteiger partial charge on any atom is -0.309 e. The topological polar surface area (TPSA) is 78.7 Å². The third-order valence-corrected chi connectivity index (χ3v) is 3.73. The standard InChI is InChI=1S/C16H13FN4O/c1-9-4-12(9)16(22)21-15-8-19-14(7-20-15)10-2-3-11(6-18)13(17)5-10/h2-3,5,7-9,12H,4H2,1H3,(H,20,21,22)/t9-,12-/m0/s1. The number of hydrogen-bond donors (Lipinski definition) is 1. The number of nitrogens with zero attached hydrogens (tertiary/aromatic N) is 3. The molecule has 1 aliphatic carbocycles. The van der Waals surface area contributed by atoms with E-state index in [9.17, 15) is 9.18 Å². The van der Waals surface area contributed by atoms with Gasteiger partial charge in [-0.2, -0.15) is 5.26 Å². The number of hydrogen-bond acceptors (Lipinski definition) is 4. The summed E-state index contributed by atoms with van der Waals surface area (Å²) < 4.78 is 13.6. The summed E-state index contributed by atoms with van der Waals surface area (Å²) >= 11 is 0. The van der Waals surface area contributed by atoms with Gasteiger partial charge in [-0.05, 0) is 24.5 Å². The summed E-state index contributed by atoms with van der Waals surface area (Å²) in [5.74, 6) is 0.228. The van der Waals surface area contributed by atoms with Gasteiger partial charge in [-0.25, -0.2) is 9.37 Å². The van der Waals surface area contributed by atoms with Gasteiger partial charge in [0.05, 0.1) is 23.7 Å². The predicted octanol–water partition coefficient (Wildman–Crippen LogP) is 2.75. The molecule has 1 N–H and O–H groups in total. The third kappa shape index (κ3) is 2.79. The summed E-state index contributed by atoms with van der Waals surface area (Å²) in [5.41, 5.74) is 0.984. The van der Waals surface area contributed by atoms with E-state index in [1.54, 1.807) is 12.1 Å². The van der Waals surface area contributed by atoms with Crippen molar-refractivity contribution in [2.75, 3.05) is 5.32 Å². The van der Waals surface area contributed by atoms with Gasteiger partial charge in [-0.1, -0.05) is 13.0 Å².